The minimum absolute atomic E-state index is 0.234. The maximum absolute atomic E-state index is 12.4. The van der Waals surface area contributed by atoms with Gasteiger partial charge in [-0.05, 0) is 41.1 Å². The molecule has 0 atom stereocenters. The first-order valence-electron chi connectivity index (χ1n) is 6.51. The molecule has 0 bridgehead atoms. The normalized spacial score (nSPS) is 10.0. The molecule has 5 nitrogen and oxygen atoms in total. The molecule has 0 fully saturated rings. The fourth-order valence-electron chi connectivity index (χ4n) is 1.84. The maximum atomic E-state index is 12.4. The molecule has 0 spiro atoms. The van der Waals surface area contributed by atoms with Gasteiger partial charge in [0, 0.05) is 29.5 Å². The van der Waals surface area contributed by atoms with Crippen LogP contribution in [0.3, 0.4) is 0 Å². The van der Waals surface area contributed by atoms with Gasteiger partial charge < -0.3 is 15.4 Å². The van der Waals surface area contributed by atoms with E-state index in [0.29, 0.717) is 23.7 Å². The first kappa shape index (κ1) is 15.3. The summed E-state index contributed by atoms with van der Waals surface area (Å²) < 4.78 is 6.16. The lowest BCUT2D eigenvalue weighted by Crippen LogP contribution is -2.15. The third kappa shape index (κ3) is 3.95. The van der Waals surface area contributed by atoms with Crippen LogP contribution in [0.1, 0.15) is 17.3 Å². The van der Waals surface area contributed by atoms with Gasteiger partial charge in [0.1, 0.15) is 11.6 Å². The van der Waals surface area contributed by atoms with Gasteiger partial charge in [0.2, 0.25) is 0 Å². The first-order chi connectivity index (χ1) is 10.1. The molecule has 0 radical (unpaired) electrons. The van der Waals surface area contributed by atoms with Crippen molar-refractivity contribution in [2.24, 2.45) is 0 Å². The van der Waals surface area contributed by atoms with E-state index >= 15 is 0 Å². The van der Waals surface area contributed by atoms with Crippen LogP contribution in [-0.4, -0.2) is 24.5 Å². The summed E-state index contributed by atoms with van der Waals surface area (Å²) in [6.45, 7) is 2.49. The molecule has 0 saturated heterocycles. The number of anilines is 2. The summed E-state index contributed by atoms with van der Waals surface area (Å²) in [5.74, 6) is 1.01. The van der Waals surface area contributed by atoms with Gasteiger partial charge in [-0.15, -0.1) is 0 Å². The number of nitrogens with zero attached hydrogens (tertiary/aromatic N) is 1. The summed E-state index contributed by atoms with van der Waals surface area (Å²) in [5, 5.41) is 5.74. The number of carbonyl (C=O) groups is 1. The Kier molecular flexibility index (Phi) is 5.16. The summed E-state index contributed by atoms with van der Waals surface area (Å²) in [6.07, 6.45) is 1.64. The van der Waals surface area contributed by atoms with Crippen molar-refractivity contribution in [1.29, 1.82) is 0 Å². The zero-order valence-corrected chi connectivity index (χ0v) is 13.4. The molecule has 0 unspecified atom stereocenters. The summed E-state index contributed by atoms with van der Waals surface area (Å²) in [5.41, 5.74) is 1.14. The molecule has 0 aliphatic carbocycles. The number of hydrogen-bond acceptors (Lipinski definition) is 4. The smallest absolute Gasteiger partial charge is 0.259 e. The molecule has 110 valence electrons. The van der Waals surface area contributed by atoms with Crippen LogP contribution < -0.4 is 15.4 Å². The third-order valence-electron chi connectivity index (χ3n) is 2.74. The summed E-state index contributed by atoms with van der Waals surface area (Å²) in [4.78, 5) is 16.5. The topological polar surface area (TPSA) is 63.2 Å². The lowest BCUT2D eigenvalue weighted by molar-refractivity contribution is 0.102. The van der Waals surface area contributed by atoms with Gasteiger partial charge in [-0.25, -0.2) is 4.98 Å². The van der Waals surface area contributed by atoms with Gasteiger partial charge in [-0.1, -0.05) is 6.07 Å². The van der Waals surface area contributed by atoms with E-state index < -0.39 is 0 Å². The van der Waals surface area contributed by atoms with Crippen LogP contribution >= 0.6 is 15.9 Å². The van der Waals surface area contributed by atoms with Crippen LogP contribution in [0.4, 0.5) is 11.5 Å². The highest BCUT2D eigenvalue weighted by Gasteiger charge is 2.13. The number of benzene rings is 1. The van der Waals surface area contributed by atoms with Crippen molar-refractivity contribution >= 4 is 33.3 Å². The average molecular weight is 350 g/mol. The van der Waals surface area contributed by atoms with E-state index in [4.69, 9.17) is 4.74 Å². The largest absolute Gasteiger partial charge is 0.494 e. The molecule has 0 aliphatic heterocycles. The number of amides is 1. The molecule has 6 heteroatoms. The molecule has 1 aromatic heterocycles. The number of nitrogens with one attached hydrogen (secondary N) is 2. The van der Waals surface area contributed by atoms with Crippen LogP contribution in [0.25, 0.3) is 0 Å². The second-order valence-electron chi connectivity index (χ2n) is 4.21. The number of rotatable bonds is 5. The molecule has 0 saturated carbocycles. The van der Waals surface area contributed by atoms with Crippen LogP contribution in [0, 0.1) is 0 Å². The summed E-state index contributed by atoms with van der Waals surface area (Å²) in [6, 6.07) is 8.99. The van der Waals surface area contributed by atoms with Gasteiger partial charge in [0.25, 0.3) is 5.91 Å². The second-order valence-corrected chi connectivity index (χ2v) is 5.13. The van der Waals surface area contributed by atoms with Gasteiger partial charge in [-0.2, -0.15) is 0 Å². The molecule has 21 heavy (non-hydrogen) atoms. The minimum Gasteiger partial charge on any atom is -0.494 e. The Bertz CT molecular complexity index is 647. The highest BCUT2D eigenvalue weighted by Crippen LogP contribution is 2.21. The van der Waals surface area contributed by atoms with Crippen molar-refractivity contribution in [2.45, 2.75) is 6.92 Å². The highest BCUT2D eigenvalue weighted by atomic mass is 79.9. The minimum atomic E-state index is -0.234. The molecule has 2 aromatic rings. The lowest BCUT2D eigenvalue weighted by atomic mass is 10.2. The van der Waals surface area contributed by atoms with E-state index in [1.54, 1.807) is 25.4 Å². The number of pyridine rings is 1. The number of ether oxygens (including phenoxy) is 1. The SMILES string of the molecule is CCOc1cccc(NC(=O)c2cc(Br)cnc2NC)c1. The summed E-state index contributed by atoms with van der Waals surface area (Å²) in [7, 11) is 1.72. The fraction of sp³-hybridized carbons (Fsp3) is 0.200. The molecular weight excluding hydrogens is 334 g/mol. The van der Waals surface area contributed by atoms with Crippen molar-refractivity contribution in [1.82, 2.24) is 4.98 Å². The zero-order valence-electron chi connectivity index (χ0n) is 11.8. The molecule has 0 aliphatic rings. The van der Waals surface area contributed by atoms with Gasteiger partial charge >= 0.3 is 0 Å². The van der Waals surface area contributed by atoms with Gasteiger partial charge in [0.05, 0.1) is 12.2 Å². The Morgan fingerprint density at radius 3 is 2.90 bits per heavy atom. The second kappa shape index (κ2) is 7.08. The Balaban J connectivity index is 2.21. The lowest BCUT2D eigenvalue weighted by Gasteiger charge is -2.10. The Labute approximate surface area is 131 Å². The van der Waals surface area contributed by atoms with Crippen molar-refractivity contribution in [3.05, 3.63) is 46.6 Å². The predicted molar refractivity (Wildman–Crippen MR) is 87.0 cm³/mol. The van der Waals surface area contributed by atoms with E-state index in [1.165, 1.54) is 0 Å². The number of hydrogen-bond donors (Lipinski definition) is 2. The van der Waals surface area contributed by atoms with E-state index in [-0.39, 0.29) is 5.91 Å². The molecule has 1 aromatic carbocycles. The molecular formula is C15H16BrN3O2. The molecule has 1 amide bonds. The van der Waals surface area contributed by atoms with Crippen LogP contribution in [0.15, 0.2) is 41.0 Å². The zero-order chi connectivity index (χ0) is 15.2. The van der Waals surface area contributed by atoms with E-state index in [2.05, 4.69) is 31.5 Å². The number of carbonyl (C=O) groups excluding carboxylic acids is 1. The van der Waals surface area contributed by atoms with Crippen molar-refractivity contribution in [3.63, 3.8) is 0 Å². The van der Waals surface area contributed by atoms with Crippen LogP contribution in [-0.2, 0) is 0 Å². The molecule has 2 N–H and O–H groups in total. The maximum Gasteiger partial charge on any atom is 0.259 e. The van der Waals surface area contributed by atoms with E-state index in [9.17, 15) is 4.79 Å². The van der Waals surface area contributed by atoms with Gasteiger partial charge in [-0.3, -0.25) is 4.79 Å². The Hall–Kier alpha value is -2.08. The monoisotopic (exact) mass is 349 g/mol. The average Bonchev–Trinajstić information content (AvgIpc) is 2.48. The quantitative estimate of drug-likeness (QED) is 0.866. The van der Waals surface area contributed by atoms with E-state index in [1.807, 2.05) is 25.1 Å². The third-order valence-corrected chi connectivity index (χ3v) is 3.17. The predicted octanol–water partition coefficient (Wildman–Crippen LogP) is 3.54. The Morgan fingerprint density at radius 2 is 2.19 bits per heavy atom. The van der Waals surface area contributed by atoms with E-state index in [0.717, 1.165) is 10.2 Å². The van der Waals surface area contributed by atoms with Crippen LogP contribution in [0.5, 0.6) is 5.75 Å². The Morgan fingerprint density at radius 1 is 1.38 bits per heavy atom. The fourth-order valence-corrected chi connectivity index (χ4v) is 2.17. The highest BCUT2D eigenvalue weighted by molar-refractivity contribution is 9.10. The number of halogens is 1. The van der Waals surface area contributed by atoms with Crippen LogP contribution in [0.2, 0.25) is 0 Å². The number of aromatic nitrogens is 1. The summed E-state index contributed by atoms with van der Waals surface area (Å²) >= 11 is 3.32. The molecule has 1 heterocycles. The van der Waals surface area contributed by atoms with Gasteiger partial charge in [0.15, 0.2) is 0 Å². The first-order valence-corrected chi connectivity index (χ1v) is 7.31. The molecule has 2 rings (SSSR count). The van der Waals surface area contributed by atoms with Crippen molar-refractivity contribution in [3.8, 4) is 5.75 Å². The van der Waals surface area contributed by atoms with Crippen molar-refractivity contribution < 1.29 is 9.53 Å². The standard InChI is InChI=1S/C15H16BrN3O2/c1-3-21-12-6-4-5-11(8-12)19-15(20)13-7-10(16)9-18-14(13)17-2/h4-9H,3H2,1-2H3,(H,17,18)(H,19,20). The van der Waals surface area contributed by atoms with Crippen molar-refractivity contribution in [2.75, 3.05) is 24.3 Å².